The summed E-state index contributed by atoms with van der Waals surface area (Å²) >= 11 is 1.83. The highest BCUT2D eigenvalue weighted by molar-refractivity contribution is 7.11. The van der Waals surface area contributed by atoms with E-state index >= 15 is 0 Å². The molecule has 15 heavy (non-hydrogen) atoms. The number of hydrogen-bond donors (Lipinski definition) is 1. The Morgan fingerprint density at radius 3 is 2.67 bits per heavy atom. The highest BCUT2D eigenvalue weighted by Crippen LogP contribution is 2.26. The molecule has 1 rings (SSSR count). The normalized spacial score (nSPS) is 14.2. The molecule has 0 spiro atoms. The molecule has 1 unspecified atom stereocenters. The van der Waals surface area contributed by atoms with Crippen LogP contribution in [0.25, 0.3) is 0 Å². The predicted molar refractivity (Wildman–Crippen MR) is 67.4 cm³/mol. The van der Waals surface area contributed by atoms with E-state index in [4.69, 9.17) is 0 Å². The van der Waals surface area contributed by atoms with Gasteiger partial charge >= 0.3 is 0 Å². The van der Waals surface area contributed by atoms with Gasteiger partial charge in [0.25, 0.3) is 0 Å². The van der Waals surface area contributed by atoms with Gasteiger partial charge in [-0.1, -0.05) is 27.7 Å². The molecule has 86 valence electrons. The van der Waals surface area contributed by atoms with Crippen LogP contribution in [0.15, 0.2) is 6.20 Å². The average molecular weight is 226 g/mol. The standard InChI is InChI=1S/C12H22N2S/c1-6-13-9(2)10-8-14-11(15-10)7-12(3,4)5/h8-9,13H,6-7H2,1-5H3. The summed E-state index contributed by atoms with van der Waals surface area (Å²) in [4.78, 5) is 5.83. The zero-order valence-corrected chi connectivity index (χ0v) is 11.2. The van der Waals surface area contributed by atoms with Gasteiger partial charge in [0, 0.05) is 23.5 Å². The zero-order valence-electron chi connectivity index (χ0n) is 10.4. The van der Waals surface area contributed by atoms with E-state index in [1.807, 2.05) is 17.5 Å². The quantitative estimate of drug-likeness (QED) is 0.851. The monoisotopic (exact) mass is 226 g/mol. The molecule has 0 bridgehead atoms. The van der Waals surface area contributed by atoms with Gasteiger partial charge in [0.1, 0.15) is 0 Å². The first-order valence-corrected chi connectivity index (χ1v) is 6.42. The molecule has 1 atom stereocenters. The summed E-state index contributed by atoms with van der Waals surface area (Å²) in [7, 11) is 0. The van der Waals surface area contributed by atoms with Gasteiger partial charge < -0.3 is 5.32 Å². The molecule has 0 saturated carbocycles. The van der Waals surface area contributed by atoms with Crippen molar-refractivity contribution >= 4 is 11.3 Å². The van der Waals surface area contributed by atoms with E-state index in [1.54, 1.807) is 0 Å². The van der Waals surface area contributed by atoms with E-state index in [2.05, 4.69) is 44.9 Å². The maximum absolute atomic E-state index is 4.48. The molecule has 1 heterocycles. The van der Waals surface area contributed by atoms with Crippen LogP contribution >= 0.6 is 11.3 Å². The second kappa shape index (κ2) is 5.08. The lowest BCUT2D eigenvalue weighted by Gasteiger charge is -2.15. The van der Waals surface area contributed by atoms with Gasteiger partial charge in [0.2, 0.25) is 0 Å². The molecule has 0 fully saturated rings. The molecule has 0 aliphatic carbocycles. The van der Waals surface area contributed by atoms with E-state index in [0.29, 0.717) is 11.5 Å². The average Bonchev–Trinajstić information content (AvgIpc) is 2.50. The van der Waals surface area contributed by atoms with Crippen LogP contribution in [-0.2, 0) is 6.42 Å². The predicted octanol–water partition coefficient (Wildman–Crippen LogP) is 3.40. The Kier molecular flexibility index (Phi) is 4.29. The molecule has 1 N–H and O–H groups in total. The third-order valence-corrected chi connectivity index (χ3v) is 3.37. The lowest BCUT2D eigenvalue weighted by molar-refractivity contribution is 0.410. The van der Waals surface area contributed by atoms with Crippen molar-refractivity contribution in [1.29, 1.82) is 0 Å². The summed E-state index contributed by atoms with van der Waals surface area (Å²) in [6.07, 6.45) is 3.08. The Bertz CT molecular complexity index is 299. The van der Waals surface area contributed by atoms with Gasteiger partial charge in [0.05, 0.1) is 5.01 Å². The maximum Gasteiger partial charge on any atom is 0.0933 e. The molecule has 3 heteroatoms. The van der Waals surface area contributed by atoms with E-state index in [9.17, 15) is 0 Å². The molecule has 1 aromatic heterocycles. The molecule has 2 nitrogen and oxygen atoms in total. The SMILES string of the molecule is CCNC(C)c1cnc(CC(C)(C)C)s1. The molecule has 0 saturated heterocycles. The summed E-state index contributed by atoms with van der Waals surface area (Å²) in [6.45, 7) is 12.1. The lowest BCUT2D eigenvalue weighted by atomic mass is 9.93. The van der Waals surface area contributed by atoms with Crippen LogP contribution < -0.4 is 5.32 Å². The van der Waals surface area contributed by atoms with Gasteiger partial charge in [-0.3, -0.25) is 0 Å². The van der Waals surface area contributed by atoms with Crippen LogP contribution in [0.2, 0.25) is 0 Å². The lowest BCUT2D eigenvalue weighted by Crippen LogP contribution is -2.16. The fourth-order valence-corrected chi connectivity index (χ4v) is 2.71. The van der Waals surface area contributed by atoms with Crippen LogP contribution in [0, 0.1) is 5.41 Å². The first-order valence-electron chi connectivity index (χ1n) is 5.60. The van der Waals surface area contributed by atoms with E-state index < -0.39 is 0 Å². The maximum atomic E-state index is 4.48. The van der Waals surface area contributed by atoms with Crippen LogP contribution in [0.3, 0.4) is 0 Å². The van der Waals surface area contributed by atoms with E-state index in [0.717, 1.165) is 13.0 Å². The van der Waals surface area contributed by atoms with Gasteiger partial charge in [0.15, 0.2) is 0 Å². The zero-order chi connectivity index (χ0) is 11.5. The van der Waals surface area contributed by atoms with Gasteiger partial charge in [-0.15, -0.1) is 11.3 Å². The molecule has 0 radical (unpaired) electrons. The molecule has 0 aromatic carbocycles. The molecular formula is C12H22N2S. The van der Waals surface area contributed by atoms with Crippen molar-refractivity contribution < 1.29 is 0 Å². The summed E-state index contributed by atoms with van der Waals surface area (Å²) < 4.78 is 0. The van der Waals surface area contributed by atoms with Crippen LogP contribution in [0.1, 0.15) is 50.5 Å². The number of nitrogens with one attached hydrogen (secondary N) is 1. The van der Waals surface area contributed by atoms with Gasteiger partial charge in [-0.05, 0) is 18.9 Å². The summed E-state index contributed by atoms with van der Waals surface area (Å²) in [5.74, 6) is 0. The van der Waals surface area contributed by atoms with Crippen molar-refractivity contribution in [2.75, 3.05) is 6.54 Å². The van der Waals surface area contributed by atoms with E-state index in [1.165, 1.54) is 9.88 Å². The van der Waals surface area contributed by atoms with Crippen molar-refractivity contribution in [2.45, 2.75) is 47.1 Å². The van der Waals surface area contributed by atoms with Crippen molar-refractivity contribution in [3.05, 3.63) is 16.1 Å². The summed E-state index contributed by atoms with van der Waals surface area (Å²) in [5.41, 5.74) is 0.330. The first-order chi connectivity index (χ1) is 6.92. The Balaban J connectivity index is 2.64. The minimum absolute atomic E-state index is 0.330. The number of rotatable bonds is 4. The highest BCUT2D eigenvalue weighted by Gasteiger charge is 2.15. The highest BCUT2D eigenvalue weighted by atomic mass is 32.1. The molecule has 1 aromatic rings. The summed E-state index contributed by atoms with van der Waals surface area (Å²) in [5, 5.41) is 4.66. The third kappa shape index (κ3) is 4.31. The number of aromatic nitrogens is 1. The number of nitrogens with zero attached hydrogens (tertiary/aromatic N) is 1. The fraction of sp³-hybridized carbons (Fsp3) is 0.750. The second-order valence-electron chi connectivity index (χ2n) is 5.17. The third-order valence-electron chi connectivity index (χ3n) is 2.19. The fourth-order valence-electron chi connectivity index (χ4n) is 1.47. The topological polar surface area (TPSA) is 24.9 Å². The second-order valence-corrected chi connectivity index (χ2v) is 6.32. The van der Waals surface area contributed by atoms with Crippen molar-refractivity contribution in [2.24, 2.45) is 5.41 Å². The van der Waals surface area contributed by atoms with Gasteiger partial charge in [-0.2, -0.15) is 0 Å². The van der Waals surface area contributed by atoms with Gasteiger partial charge in [-0.25, -0.2) is 4.98 Å². The molecular weight excluding hydrogens is 204 g/mol. The van der Waals surface area contributed by atoms with Crippen LogP contribution in [-0.4, -0.2) is 11.5 Å². The first kappa shape index (κ1) is 12.7. The Hall–Kier alpha value is -0.410. The number of hydrogen-bond acceptors (Lipinski definition) is 3. The van der Waals surface area contributed by atoms with Crippen LogP contribution in [0.4, 0.5) is 0 Å². The van der Waals surface area contributed by atoms with Crippen molar-refractivity contribution in [3.63, 3.8) is 0 Å². The summed E-state index contributed by atoms with van der Waals surface area (Å²) in [6, 6.07) is 0.432. The molecule has 0 aliphatic rings. The van der Waals surface area contributed by atoms with Crippen molar-refractivity contribution in [3.8, 4) is 0 Å². The molecule has 0 amide bonds. The van der Waals surface area contributed by atoms with Crippen molar-refractivity contribution in [1.82, 2.24) is 10.3 Å². The number of thiazole rings is 1. The van der Waals surface area contributed by atoms with E-state index in [-0.39, 0.29) is 0 Å². The Morgan fingerprint density at radius 1 is 1.47 bits per heavy atom. The minimum Gasteiger partial charge on any atom is -0.310 e. The largest absolute Gasteiger partial charge is 0.310 e. The minimum atomic E-state index is 0.330. The Labute approximate surface area is 97.1 Å². The Morgan fingerprint density at radius 2 is 2.13 bits per heavy atom. The van der Waals surface area contributed by atoms with Crippen LogP contribution in [0.5, 0.6) is 0 Å². The molecule has 0 aliphatic heterocycles. The smallest absolute Gasteiger partial charge is 0.0933 e.